The number of rotatable bonds is 3. The van der Waals surface area contributed by atoms with Crippen LogP contribution in [0.3, 0.4) is 0 Å². The minimum Gasteiger partial charge on any atom is -0.324 e. The molecule has 0 radical (unpaired) electrons. The first kappa shape index (κ1) is 11.4. The fourth-order valence-corrected chi connectivity index (χ4v) is 2.88. The maximum atomic E-state index is 6.31. The lowest BCUT2D eigenvalue weighted by Gasteiger charge is -2.29. The monoisotopic (exact) mass is 268 g/mol. The minimum atomic E-state index is 0.568. The van der Waals surface area contributed by atoms with Gasteiger partial charge in [-0.15, -0.1) is 11.6 Å². The van der Waals surface area contributed by atoms with Crippen LogP contribution in [-0.4, -0.2) is 15.4 Å². The number of halogens is 2. The van der Waals surface area contributed by atoms with Gasteiger partial charge in [0.1, 0.15) is 5.82 Å². The van der Waals surface area contributed by atoms with Gasteiger partial charge in [0, 0.05) is 18.3 Å². The van der Waals surface area contributed by atoms with E-state index in [0.717, 1.165) is 28.3 Å². The van der Waals surface area contributed by atoms with Crippen LogP contribution >= 0.6 is 23.2 Å². The Kier molecular flexibility index (Phi) is 3.01. The number of fused-ring (bicyclic) bond motifs is 1. The predicted molar refractivity (Wildman–Crippen MR) is 72.1 cm³/mol. The summed E-state index contributed by atoms with van der Waals surface area (Å²) in [6.07, 6.45) is 4.57. The molecule has 1 saturated carbocycles. The second kappa shape index (κ2) is 4.51. The van der Waals surface area contributed by atoms with Crippen LogP contribution in [0, 0.1) is 0 Å². The lowest BCUT2D eigenvalue weighted by molar-refractivity contribution is 0.314. The Labute approximate surface area is 111 Å². The summed E-state index contributed by atoms with van der Waals surface area (Å²) in [6.45, 7) is 0. The molecule has 0 N–H and O–H groups in total. The summed E-state index contributed by atoms with van der Waals surface area (Å²) in [5.74, 6) is 1.68. The van der Waals surface area contributed by atoms with Crippen LogP contribution in [0.15, 0.2) is 18.2 Å². The van der Waals surface area contributed by atoms with Gasteiger partial charge in [0.25, 0.3) is 0 Å². The Balaban J connectivity index is 2.21. The molecule has 1 aliphatic rings. The Morgan fingerprint density at radius 2 is 2.18 bits per heavy atom. The van der Waals surface area contributed by atoms with E-state index in [1.807, 2.05) is 18.2 Å². The second-order valence-electron chi connectivity index (χ2n) is 4.53. The molecule has 2 nitrogen and oxygen atoms in total. The van der Waals surface area contributed by atoms with Crippen molar-refractivity contribution in [1.82, 2.24) is 9.55 Å². The van der Waals surface area contributed by atoms with E-state index < -0.39 is 0 Å². The number of aromatic nitrogens is 2. The molecule has 0 atom stereocenters. The fourth-order valence-electron chi connectivity index (χ4n) is 2.45. The average Bonchev–Trinajstić information content (AvgIpc) is 2.57. The summed E-state index contributed by atoms with van der Waals surface area (Å²) < 4.78 is 2.31. The van der Waals surface area contributed by atoms with E-state index in [9.17, 15) is 0 Å². The van der Waals surface area contributed by atoms with Crippen molar-refractivity contribution < 1.29 is 0 Å². The molecule has 1 aromatic heterocycles. The Morgan fingerprint density at radius 3 is 2.82 bits per heavy atom. The maximum Gasteiger partial charge on any atom is 0.111 e. The van der Waals surface area contributed by atoms with Gasteiger partial charge in [-0.3, -0.25) is 0 Å². The third-order valence-corrected chi connectivity index (χ3v) is 3.99. The molecule has 0 spiro atoms. The number of alkyl halides is 1. The number of hydrogen-bond acceptors (Lipinski definition) is 1. The first-order valence-electron chi connectivity index (χ1n) is 6.02. The van der Waals surface area contributed by atoms with E-state index >= 15 is 0 Å². The third kappa shape index (κ3) is 1.84. The molecule has 1 heterocycles. The molecule has 0 amide bonds. The van der Waals surface area contributed by atoms with Crippen molar-refractivity contribution in [2.24, 2.45) is 0 Å². The van der Waals surface area contributed by atoms with Crippen LogP contribution in [0.2, 0.25) is 5.02 Å². The van der Waals surface area contributed by atoms with Gasteiger partial charge >= 0.3 is 0 Å². The van der Waals surface area contributed by atoms with Crippen molar-refractivity contribution in [2.45, 2.75) is 31.7 Å². The number of nitrogens with zero attached hydrogens (tertiary/aromatic N) is 2. The molecular weight excluding hydrogens is 255 g/mol. The molecular formula is C13H14Cl2N2. The van der Waals surface area contributed by atoms with Gasteiger partial charge in [0.15, 0.2) is 0 Å². The molecule has 4 heteroatoms. The minimum absolute atomic E-state index is 0.568. The van der Waals surface area contributed by atoms with Crippen LogP contribution in [0.1, 0.15) is 31.1 Å². The first-order valence-corrected chi connectivity index (χ1v) is 6.94. The fraction of sp³-hybridized carbons (Fsp3) is 0.462. The zero-order valence-corrected chi connectivity index (χ0v) is 11.0. The van der Waals surface area contributed by atoms with Crippen LogP contribution in [-0.2, 0) is 6.42 Å². The Bertz CT molecular complexity index is 544. The average molecular weight is 269 g/mol. The van der Waals surface area contributed by atoms with E-state index in [1.165, 1.54) is 19.3 Å². The lowest BCUT2D eigenvalue weighted by atomic mass is 9.92. The van der Waals surface area contributed by atoms with Crippen molar-refractivity contribution in [3.8, 4) is 0 Å². The summed E-state index contributed by atoms with van der Waals surface area (Å²) in [4.78, 5) is 4.66. The second-order valence-corrected chi connectivity index (χ2v) is 5.31. The molecule has 0 bridgehead atoms. The lowest BCUT2D eigenvalue weighted by Crippen LogP contribution is -2.19. The quantitative estimate of drug-likeness (QED) is 0.764. The summed E-state index contributed by atoms with van der Waals surface area (Å²) in [7, 11) is 0. The highest BCUT2D eigenvalue weighted by atomic mass is 35.5. The van der Waals surface area contributed by atoms with Gasteiger partial charge in [-0.2, -0.15) is 0 Å². The van der Waals surface area contributed by atoms with Gasteiger partial charge in [-0.25, -0.2) is 4.98 Å². The number of imidazole rings is 1. The number of aryl methyl sites for hydroxylation is 1. The molecule has 0 unspecified atom stereocenters. The van der Waals surface area contributed by atoms with Crippen molar-refractivity contribution in [3.63, 3.8) is 0 Å². The molecule has 2 aromatic rings. The predicted octanol–water partition coefficient (Wildman–Crippen LogP) is 4.20. The van der Waals surface area contributed by atoms with Crippen LogP contribution in [0.25, 0.3) is 11.0 Å². The van der Waals surface area contributed by atoms with Crippen molar-refractivity contribution in [2.75, 3.05) is 5.88 Å². The summed E-state index contributed by atoms with van der Waals surface area (Å²) in [5, 5.41) is 0.794. The molecule has 1 aliphatic carbocycles. The van der Waals surface area contributed by atoms with Crippen molar-refractivity contribution in [1.29, 1.82) is 0 Å². The molecule has 17 heavy (non-hydrogen) atoms. The third-order valence-electron chi connectivity index (χ3n) is 3.49. The van der Waals surface area contributed by atoms with Crippen LogP contribution in [0.4, 0.5) is 0 Å². The van der Waals surface area contributed by atoms with Crippen LogP contribution in [0.5, 0.6) is 0 Å². The van der Waals surface area contributed by atoms with Crippen molar-refractivity contribution in [3.05, 3.63) is 29.0 Å². The molecule has 3 rings (SSSR count). The van der Waals surface area contributed by atoms with Gasteiger partial charge < -0.3 is 4.57 Å². The smallest absolute Gasteiger partial charge is 0.111 e. The SMILES string of the molecule is ClCCc1nc2cccc(Cl)c2n1C1CCC1. The topological polar surface area (TPSA) is 17.8 Å². The van der Waals surface area contributed by atoms with Crippen LogP contribution < -0.4 is 0 Å². The summed E-state index contributed by atoms with van der Waals surface area (Å²) >= 11 is 12.2. The molecule has 0 aliphatic heterocycles. The molecule has 0 saturated heterocycles. The number of benzene rings is 1. The first-order chi connectivity index (χ1) is 8.31. The van der Waals surface area contributed by atoms with Gasteiger partial charge in [-0.1, -0.05) is 17.7 Å². The standard InChI is InChI=1S/C13H14Cl2N2/c14-8-7-12-16-11-6-2-5-10(15)13(11)17(12)9-3-1-4-9/h2,5-6,9H,1,3-4,7-8H2. The van der Waals surface area contributed by atoms with Gasteiger partial charge in [0.05, 0.1) is 16.1 Å². The Morgan fingerprint density at radius 1 is 1.35 bits per heavy atom. The van der Waals surface area contributed by atoms with E-state index in [4.69, 9.17) is 23.2 Å². The highest BCUT2D eigenvalue weighted by Crippen LogP contribution is 2.37. The van der Waals surface area contributed by atoms with E-state index in [1.54, 1.807) is 0 Å². The Hall–Kier alpha value is -0.730. The highest BCUT2D eigenvalue weighted by molar-refractivity contribution is 6.35. The van der Waals surface area contributed by atoms with Crippen molar-refractivity contribution >= 4 is 34.2 Å². The largest absolute Gasteiger partial charge is 0.324 e. The number of hydrogen-bond donors (Lipinski definition) is 0. The zero-order chi connectivity index (χ0) is 11.8. The summed E-state index contributed by atoms with van der Waals surface area (Å²) in [5.41, 5.74) is 2.07. The molecule has 1 fully saturated rings. The molecule has 90 valence electrons. The maximum absolute atomic E-state index is 6.31. The molecule has 1 aromatic carbocycles. The van der Waals surface area contributed by atoms with E-state index in [0.29, 0.717) is 11.9 Å². The normalized spacial score (nSPS) is 16.4. The van der Waals surface area contributed by atoms with E-state index in [-0.39, 0.29) is 0 Å². The zero-order valence-electron chi connectivity index (χ0n) is 9.50. The summed E-state index contributed by atoms with van der Waals surface area (Å²) in [6, 6.07) is 6.48. The van der Waals surface area contributed by atoms with Gasteiger partial charge in [-0.05, 0) is 31.4 Å². The van der Waals surface area contributed by atoms with E-state index in [2.05, 4.69) is 9.55 Å². The highest BCUT2D eigenvalue weighted by Gasteiger charge is 2.25. The van der Waals surface area contributed by atoms with Gasteiger partial charge in [0.2, 0.25) is 0 Å². The number of para-hydroxylation sites is 1.